The molecule has 0 aromatic heterocycles. The Labute approximate surface area is 112 Å². The van der Waals surface area contributed by atoms with Gasteiger partial charge in [-0.3, -0.25) is 0 Å². The van der Waals surface area contributed by atoms with Crippen LogP contribution in [0.1, 0.15) is 25.7 Å². The van der Waals surface area contributed by atoms with E-state index in [0.29, 0.717) is 12.2 Å². The van der Waals surface area contributed by atoms with E-state index in [2.05, 4.69) is 5.32 Å². The fraction of sp³-hybridized carbons (Fsp3) is 0.500. The first kappa shape index (κ1) is 14.1. The number of sulfonamides is 1. The van der Waals surface area contributed by atoms with Crippen molar-refractivity contribution in [3.05, 3.63) is 18.2 Å². The van der Waals surface area contributed by atoms with Crippen LogP contribution in [0.5, 0.6) is 0 Å². The van der Waals surface area contributed by atoms with E-state index >= 15 is 0 Å². The minimum Gasteiger partial charge on any atom is -0.396 e. The third kappa shape index (κ3) is 3.17. The highest BCUT2D eigenvalue weighted by Gasteiger charge is 2.31. The minimum atomic E-state index is -3.84. The highest BCUT2D eigenvalue weighted by Crippen LogP contribution is 2.31. The van der Waals surface area contributed by atoms with Crippen molar-refractivity contribution in [1.29, 1.82) is 0 Å². The van der Waals surface area contributed by atoms with Crippen LogP contribution in [0.2, 0.25) is 0 Å². The second kappa shape index (κ2) is 4.99. The molecule has 0 atom stereocenters. The molecular weight excluding hydrogens is 266 g/mol. The maximum absolute atomic E-state index is 11.4. The van der Waals surface area contributed by atoms with Gasteiger partial charge in [-0.15, -0.1) is 0 Å². The van der Waals surface area contributed by atoms with Gasteiger partial charge in [-0.25, -0.2) is 13.6 Å². The van der Waals surface area contributed by atoms with Crippen molar-refractivity contribution < 1.29 is 13.5 Å². The number of aliphatic hydroxyl groups is 1. The van der Waals surface area contributed by atoms with E-state index in [0.717, 1.165) is 25.7 Å². The predicted octanol–water partition coefficient (Wildman–Crippen LogP) is 0.633. The van der Waals surface area contributed by atoms with Crippen LogP contribution in [0.25, 0.3) is 0 Å². The number of hydrogen-bond acceptors (Lipinski definition) is 5. The third-order valence-electron chi connectivity index (χ3n) is 3.51. The molecule has 106 valence electrons. The molecule has 0 saturated heterocycles. The molecule has 1 aliphatic carbocycles. The average molecular weight is 285 g/mol. The Kier molecular flexibility index (Phi) is 3.71. The number of nitrogen functional groups attached to an aromatic ring is 1. The van der Waals surface area contributed by atoms with Crippen molar-refractivity contribution >= 4 is 21.4 Å². The van der Waals surface area contributed by atoms with Crippen molar-refractivity contribution in [1.82, 2.24) is 0 Å². The van der Waals surface area contributed by atoms with E-state index in [4.69, 9.17) is 10.9 Å². The Morgan fingerprint density at radius 2 is 1.95 bits per heavy atom. The van der Waals surface area contributed by atoms with Crippen LogP contribution in [0.3, 0.4) is 0 Å². The molecule has 0 unspecified atom stereocenters. The van der Waals surface area contributed by atoms with Crippen LogP contribution >= 0.6 is 0 Å². The number of primary sulfonamides is 1. The van der Waals surface area contributed by atoms with Gasteiger partial charge in [0, 0.05) is 6.54 Å². The molecule has 0 spiro atoms. The van der Waals surface area contributed by atoms with Gasteiger partial charge in [-0.1, -0.05) is 18.9 Å². The molecule has 19 heavy (non-hydrogen) atoms. The number of anilines is 2. The number of para-hydroxylation sites is 1. The van der Waals surface area contributed by atoms with Gasteiger partial charge in [-0.2, -0.15) is 0 Å². The van der Waals surface area contributed by atoms with Crippen molar-refractivity contribution in [2.45, 2.75) is 36.2 Å². The first-order valence-electron chi connectivity index (χ1n) is 6.19. The number of nitrogens with two attached hydrogens (primary N) is 2. The molecule has 0 aliphatic heterocycles. The monoisotopic (exact) mass is 285 g/mol. The topological polar surface area (TPSA) is 118 Å². The summed E-state index contributed by atoms with van der Waals surface area (Å²) in [5, 5.41) is 18.3. The largest absolute Gasteiger partial charge is 0.396 e. The van der Waals surface area contributed by atoms with Gasteiger partial charge in [0.1, 0.15) is 4.90 Å². The molecule has 1 aromatic rings. The molecule has 1 aromatic carbocycles. The molecule has 7 heteroatoms. The zero-order chi connectivity index (χ0) is 14.1. The predicted molar refractivity (Wildman–Crippen MR) is 74.1 cm³/mol. The molecule has 1 aliphatic rings. The van der Waals surface area contributed by atoms with Crippen molar-refractivity contribution in [2.24, 2.45) is 5.14 Å². The maximum atomic E-state index is 11.4. The molecule has 6 N–H and O–H groups in total. The van der Waals surface area contributed by atoms with Gasteiger partial charge >= 0.3 is 0 Å². The van der Waals surface area contributed by atoms with Gasteiger partial charge < -0.3 is 16.2 Å². The highest BCUT2D eigenvalue weighted by molar-refractivity contribution is 7.89. The number of rotatable bonds is 4. The fourth-order valence-electron chi connectivity index (χ4n) is 2.42. The van der Waals surface area contributed by atoms with Gasteiger partial charge in [0.2, 0.25) is 10.0 Å². The molecule has 0 radical (unpaired) electrons. The number of nitrogens with one attached hydrogen (secondary N) is 1. The first-order chi connectivity index (χ1) is 8.82. The second-order valence-electron chi connectivity index (χ2n) is 5.05. The summed E-state index contributed by atoms with van der Waals surface area (Å²) in [6.45, 7) is 0.352. The molecule has 2 rings (SSSR count). The van der Waals surface area contributed by atoms with Crippen LogP contribution in [0, 0.1) is 0 Å². The summed E-state index contributed by atoms with van der Waals surface area (Å²) in [7, 11) is -3.84. The summed E-state index contributed by atoms with van der Waals surface area (Å²) in [5.41, 5.74) is 5.63. The van der Waals surface area contributed by atoms with Gasteiger partial charge in [0.15, 0.2) is 0 Å². The molecule has 1 saturated carbocycles. The normalized spacial score (nSPS) is 18.4. The lowest BCUT2D eigenvalue weighted by atomic mass is 10.0. The lowest BCUT2D eigenvalue weighted by Crippen LogP contribution is -2.33. The summed E-state index contributed by atoms with van der Waals surface area (Å²) in [6.07, 6.45) is 3.50. The fourth-order valence-corrected chi connectivity index (χ4v) is 3.10. The van der Waals surface area contributed by atoms with E-state index in [1.165, 1.54) is 6.07 Å². The number of hydrogen-bond donors (Lipinski definition) is 4. The lowest BCUT2D eigenvalue weighted by Gasteiger charge is -2.23. The average Bonchev–Trinajstić information content (AvgIpc) is 2.74. The van der Waals surface area contributed by atoms with E-state index in [1.807, 2.05) is 0 Å². The zero-order valence-electron chi connectivity index (χ0n) is 10.6. The molecule has 1 fully saturated rings. The summed E-state index contributed by atoms with van der Waals surface area (Å²) >= 11 is 0. The SMILES string of the molecule is Nc1c(NCC2(O)CCCC2)cccc1S(N)(=O)=O. The standard InChI is InChI=1S/C12H19N3O3S/c13-11-9(4-3-5-10(11)19(14,17)18)15-8-12(16)6-1-2-7-12/h3-5,15-16H,1-2,6-8,13H2,(H2,14,17,18). The third-order valence-corrected chi connectivity index (χ3v) is 4.48. The first-order valence-corrected chi connectivity index (χ1v) is 7.74. The number of benzene rings is 1. The quantitative estimate of drug-likeness (QED) is 0.605. The molecule has 0 heterocycles. The highest BCUT2D eigenvalue weighted by atomic mass is 32.2. The van der Waals surface area contributed by atoms with E-state index in [-0.39, 0.29) is 10.6 Å². The van der Waals surface area contributed by atoms with Crippen LogP contribution in [-0.2, 0) is 10.0 Å². The van der Waals surface area contributed by atoms with Crippen molar-refractivity contribution in [3.8, 4) is 0 Å². The molecule has 0 amide bonds. The van der Waals surface area contributed by atoms with Crippen molar-refractivity contribution in [2.75, 3.05) is 17.6 Å². The van der Waals surface area contributed by atoms with Crippen LogP contribution in [0.4, 0.5) is 11.4 Å². The van der Waals surface area contributed by atoms with E-state index < -0.39 is 15.6 Å². The summed E-state index contributed by atoms with van der Waals surface area (Å²) in [4.78, 5) is -0.101. The maximum Gasteiger partial charge on any atom is 0.240 e. The van der Waals surface area contributed by atoms with E-state index in [9.17, 15) is 13.5 Å². The smallest absolute Gasteiger partial charge is 0.240 e. The summed E-state index contributed by atoms with van der Waals surface area (Å²) < 4.78 is 22.7. The van der Waals surface area contributed by atoms with Crippen LogP contribution < -0.4 is 16.2 Å². The molecular formula is C12H19N3O3S. The van der Waals surface area contributed by atoms with Crippen molar-refractivity contribution in [3.63, 3.8) is 0 Å². The Morgan fingerprint density at radius 3 is 2.53 bits per heavy atom. The van der Waals surface area contributed by atoms with Gasteiger partial charge in [0.25, 0.3) is 0 Å². The Hall–Kier alpha value is -1.31. The minimum absolute atomic E-state index is 0.0894. The summed E-state index contributed by atoms with van der Waals surface area (Å²) in [5.74, 6) is 0. The van der Waals surface area contributed by atoms with Crippen LogP contribution in [-0.4, -0.2) is 25.7 Å². The Morgan fingerprint density at radius 1 is 1.32 bits per heavy atom. The van der Waals surface area contributed by atoms with Gasteiger partial charge in [0.05, 0.1) is 17.0 Å². The second-order valence-corrected chi connectivity index (χ2v) is 6.58. The van der Waals surface area contributed by atoms with Crippen LogP contribution in [0.15, 0.2) is 23.1 Å². The lowest BCUT2D eigenvalue weighted by molar-refractivity contribution is 0.0615. The Bertz CT molecular complexity index is 566. The van der Waals surface area contributed by atoms with E-state index in [1.54, 1.807) is 12.1 Å². The van der Waals surface area contributed by atoms with Gasteiger partial charge in [-0.05, 0) is 25.0 Å². The molecule has 6 nitrogen and oxygen atoms in total. The zero-order valence-corrected chi connectivity index (χ0v) is 11.4. The Balaban J connectivity index is 2.17. The summed E-state index contributed by atoms with van der Waals surface area (Å²) in [6, 6.07) is 4.60. The molecule has 0 bridgehead atoms.